The third-order valence-electron chi connectivity index (χ3n) is 2.85. The predicted octanol–water partition coefficient (Wildman–Crippen LogP) is 2.96. The summed E-state index contributed by atoms with van der Waals surface area (Å²) in [5.41, 5.74) is 0.160. The van der Waals surface area contributed by atoms with Gasteiger partial charge < -0.3 is 10.2 Å². The molecule has 0 saturated heterocycles. The summed E-state index contributed by atoms with van der Waals surface area (Å²) in [5.74, 6) is -0.940. The predicted molar refractivity (Wildman–Crippen MR) is 70.6 cm³/mol. The molecule has 0 aliphatic heterocycles. The molecule has 0 aliphatic rings. The molecule has 1 N–H and O–H groups in total. The van der Waals surface area contributed by atoms with Crippen molar-refractivity contribution in [3.05, 3.63) is 35.4 Å². The molecular weight excluding hydrogens is 234 g/mol. The average Bonchev–Trinajstić information content (AvgIpc) is 2.31. The van der Waals surface area contributed by atoms with Crippen LogP contribution in [0.5, 0.6) is 0 Å². The van der Waals surface area contributed by atoms with Crippen molar-refractivity contribution >= 4 is 0 Å². The van der Waals surface area contributed by atoms with Crippen LogP contribution in [0.3, 0.4) is 0 Å². The highest BCUT2D eigenvalue weighted by Gasteiger charge is 2.19. The molecule has 0 aromatic heterocycles. The van der Waals surface area contributed by atoms with E-state index in [1.165, 1.54) is 18.2 Å². The van der Waals surface area contributed by atoms with Gasteiger partial charge in [-0.25, -0.2) is 8.78 Å². The largest absolute Gasteiger partial charge is 0.310 e. The van der Waals surface area contributed by atoms with Gasteiger partial charge in [0.1, 0.15) is 11.6 Å². The Balaban J connectivity index is 2.86. The SMILES string of the molecule is CCCNC(CCN(C)C)c1c(F)cccc1F. The first kappa shape index (κ1) is 15.1. The summed E-state index contributed by atoms with van der Waals surface area (Å²) < 4.78 is 27.5. The first-order valence-electron chi connectivity index (χ1n) is 6.38. The molecule has 2 nitrogen and oxygen atoms in total. The number of nitrogens with one attached hydrogen (secondary N) is 1. The van der Waals surface area contributed by atoms with E-state index in [1.807, 2.05) is 25.9 Å². The van der Waals surface area contributed by atoms with E-state index >= 15 is 0 Å². The van der Waals surface area contributed by atoms with Crippen LogP contribution in [0.2, 0.25) is 0 Å². The maximum Gasteiger partial charge on any atom is 0.130 e. The fourth-order valence-electron chi connectivity index (χ4n) is 1.90. The summed E-state index contributed by atoms with van der Waals surface area (Å²) >= 11 is 0. The van der Waals surface area contributed by atoms with Crippen molar-refractivity contribution in [3.8, 4) is 0 Å². The monoisotopic (exact) mass is 256 g/mol. The molecule has 0 spiro atoms. The van der Waals surface area contributed by atoms with E-state index in [9.17, 15) is 8.78 Å². The molecule has 1 rings (SSSR count). The van der Waals surface area contributed by atoms with Crippen molar-refractivity contribution in [2.75, 3.05) is 27.2 Å². The second-order valence-electron chi connectivity index (χ2n) is 4.73. The Labute approximate surface area is 108 Å². The Kier molecular flexibility index (Phi) is 6.22. The van der Waals surface area contributed by atoms with Gasteiger partial charge in [-0.2, -0.15) is 0 Å². The zero-order valence-corrected chi connectivity index (χ0v) is 11.3. The fourth-order valence-corrected chi connectivity index (χ4v) is 1.90. The van der Waals surface area contributed by atoms with Crippen LogP contribution in [0.1, 0.15) is 31.4 Å². The fraction of sp³-hybridized carbons (Fsp3) is 0.571. The maximum absolute atomic E-state index is 13.8. The first-order valence-corrected chi connectivity index (χ1v) is 6.38. The molecule has 102 valence electrons. The number of hydrogen-bond donors (Lipinski definition) is 1. The minimum atomic E-state index is -0.470. The van der Waals surface area contributed by atoms with E-state index in [0.29, 0.717) is 6.42 Å². The lowest BCUT2D eigenvalue weighted by molar-refractivity contribution is 0.351. The Morgan fingerprint density at radius 1 is 1.22 bits per heavy atom. The van der Waals surface area contributed by atoms with Crippen LogP contribution < -0.4 is 5.32 Å². The average molecular weight is 256 g/mol. The molecule has 0 radical (unpaired) electrons. The van der Waals surface area contributed by atoms with Crippen molar-refractivity contribution in [1.29, 1.82) is 0 Å². The van der Waals surface area contributed by atoms with E-state index in [4.69, 9.17) is 0 Å². The lowest BCUT2D eigenvalue weighted by Crippen LogP contribution is -2.27. The summed E-state index contributed by atoms with van der Waals surface area (Å²) in [5, 5.41) is 3.22. The third-order valence-corrected chi connectivity index (χ3v) is 2.85. The highest BCUT2D eigenvalue weighted by atomic mass is 19.1. The number of hydrogen-bond acceptors (Lipinski definition) is 2. The van der Waals surface area contributed by atoms with Gasteiger partial charge in [-0.15, -0.1) is 0 Å². The summed E-state index contributed by atoms with van der Waals surface area (Å²) in [6.07, 6.45) is 1.62. The van der Waals surface area contributed by atoms with Gasteiger partial charge in [-0.1, -0.05) is 13.0 Å². The Morgan fingerprint density at radius 2 is 1.83 bits per heavy atom. The van der Waals surface area contributed by atoms with Gasteiger partial charge in [0.2, 0.25) is 0 Å². The number of halogens is 2. The molecule has 0 saturated carbocycles. The summed E-state index contributed by atoms with van der Waals surface area (Å²) in [6.45, 7) is 3.58. The lowest BCUT2D eigenvalue weighted by atomic mass is 10.0. The van der Waals surface area contributed by atoms with Crippen LogP contribution in [-0.2, 0) is 0 Å². The van der Waals surface area contributed by atoms with Crippen LogP contribution in [0, 0.1) is 11.6 Å². The van der Waals surface area contributed by atoms with Gasteiger partial charge in [-0.05, 0) is 52.2 Å². The lowest BCUT2D eigenvalue weighted by Gasteiger charge is -2.22. The third kappa shape index (κ3) is 4.35. The molecule has 4 heteroatoms. The standard InChI is InChI=1S/C14H22F2N2/c1-4-9-17-13(8-10-18(2)3)14-11(15)6-5-7-12(14)16/h5-7,13,17H,4,8-10H2,1-3H3. The van der Waals surface area contributed by atoms with Crippen LogP contribution in [0.4, 0.5) is 8.78 Å². The van der Waals surface area contributed by atoms with E-state index in [0.717, 1.165) is 19.5 Å². The van der Waals surface area contributed by atoms with E-state index in [-0.39, 0.29) is 11.6 Å². The van der Waals surface area contributed by atoms with Crippen LogP contribution in [0.25, 0.3) is 0 Å². The first-order chi connectivity index (χ1) is 8.56. The Hall–Kier alpha value is -1.00. The second kappa shape index (κ2) is 7.44. The van der Waals surface area contributed by atoms with Gasteiger partial charge in [0, 0.05) is 11.6 Å². The van der Waals surface area contributed by atoms with Crippen molar-refractivity contribution in [1.82, 2.24) is 10.2 Å². The molecule has 0 amide bonds. The summed E-state index contributed by atoms with van der Waals surface area (Å²) in [4.78, 5) is 2.01. The number of rotatable bonds is 7. The molecular formula is C14H22F2N2. The highest BCUT2D eigenvalue weighted by Crippen LogP contribution is 2.23. The van der Waals surface area contributed by atoms with Gasteiger partial charge in [0.05, 0.1) is 0 Å². The molecule has 0 fully saturated rings. The smallest absolute Gasteiger partial charge is 0.130 e. The van der Waals surface area contributed by atoms with Crippen molar-refractivity contribution in [2.24, 2.45) is 0 Å². The van der Waals surface area contributed by atoms with Gasteiger partial charge in [0.25, 0.3) is 0 Å². The van der Waals surface area contributed by atoms with E-state index < -0.39 is 11.6 Å². The number of benzene rings is 1. The number of nitrogens with zero attached hydrogens (tertiary/aromatic N) is 1. The van der Waals surface area contributed by atoms with Crippen LogP contribution in [0.15, 0.2) is 18.2 Å². The van der Waals surface area contributed by atoms with Crippen molar-refractivity contribution in [3.63, 3.8) is 0 Å². The van der Waals surface area contributed by atoms with Gasteiger partial charge >= 0.3 is 0 Å². The Bertz CT molecular complexity index is 347. The minimum absolute atomic E-state index is 0.160. The zero-order valence-electron chi connectivity index (χ0n) is 11.3. The zero-order chi connectivity index (χ0) is 13.5. The summed E-state index contributed by atoms with van der Waals surface area (Å²) in [7, 11) is 3.91. The van der Waals surface area contributed by atoms with Gasteiger partial charge in [0.15, 0.2) is 0 Å². The Morgan fingerprint density at radius 3 is 2.33 bits per heavy atom. The molecule has 1 aromatic carbocycles. The summed E-state index contributed by atoms with van der Waals surface area (Å²) in [6, 6.07) is 3.76. The minimum Gasteiger partial charge on any atom is -0.310 e. The topological polar surface area (TPSA) is 15.3 Å². The normalized spacial score (nSPS) is 13.0. The van der Waals surface area contributed by atoms with E-state index in [2.05, 4.69) is 5.32 Å². The molecule has 1 aromatic rings. The highest BCUT2D eigenvalue weighted by molar-refractivity contribution is 5.23. The van der Waals surface area contributed by atoms with Gasteiger partial charge in [-0.3, -0.25) is 0 Å². The molecule has 1 atom stereocenters. The van der Waals surface area contributed by atoms with Crippen LogP contribution >= 0.6 is 0 Å². The molecule has 0 heterocycles. The second-order valence-corrected chi connectivity index (χ2v) is 4.73. The van der Waals surface area contributed by atoms with Crippen molar-refractivity contribution in [2.45, 2.75) is 25.8 Å². The quantitative estimate of drug-likeness (QED) is 0.807. The molecule has 18 heavy (non-hydrogen) atoms. The molecule has 0 bridgehead atoms. The molecule has 0 aliphatic carbocycles. The van der Waals surface area contributed by atoms with Crippen LogP contribution in [-0.4, -0.2) is 32.1 Å². The van der Waals surface area contributed by atoms with E-state index in [1.54, 1.807) is 0 Å². The van der Waals surface area contributed by atoms with Crippen molar-refractivity contribution < 1.29 is 8.78 Å². The maximum atomic E-state index is 13.8. The molecule has 1 unspecified atom stereocenters.